The van der Waals surface area contributed by atoms with Gasteiger partial charge >= 0.3 is 0 Å². The van der Waals surface area contributed by atoms with E-state index in [1.54, 1.807) is 0 Å². The molecule has 0 fully saturated rings. The van der Waals surface area contributed by atoms with E-state index in [0.717, 1.165) is 32.2 Å². The van der Waals surface area contributed by atoms with Crippen molar-refractivity contribution in [2.45, 2.75) is 52.5 Å². The standard InChI is InChI=1S/C11H26N2O2S/c1-4-6-7-11(3)13-16(14,15)10-9-12-8-5-2/h11-13H,4-10H2,1-3H3. The molecule has 0 saturated carbocycles. The lowest BCUT2D eigenvalue weighted by Crippen LogP contribution is -2.37. The third-order valence-corrected chi connectivity index (χ3v) is 3.85. The Labute approximate surface area is 100 Å². The molecule has 0 aliphatic rings. The zero-order chi connectivity index (χ0) is 12.4. The van der Waals surface area contributed by atoms with Gasteiger partial charge in [-0.3, -0.25) is 0 Å². The van der Waals surface area contributed by atoms with E-state index in [0.29, 0.717) is 6.54 Å². The van der Waals surface area contributed by atoms with Crippen LogP contribution in [0, 0.1) is 0 Å². The molecule has 0 radical (unpaired) electrons. The molecule has 0 aliphatic heterocycles. The number of nitrogens with one attached hydrogen (secondary N) is 2. The fourth-order valence-electron chi connectivity index (χ4n) is 1.44. The monoisotopic (exact) mass is 250 g/mol. The van der Waals surface area contributed by atoms with Crippen molar-refractivity contribution in [3.63, 3.8) is 0 Å². The van der Waals surface area contributed by atoms with Gasteiger partial charge in [0.25, 0.3) is 0 Å². The SMILES string of the molecule is CCCCC(C)NS(=O)(=O)CCNCCC. The average molecular weight is 250 g/mol. The van der Waals surface area contributed by atoms with Crippen LogP contribution >= 0.6 is 0 Å². The highest BCUT2D eigenvalue weighted by Crippen LogP contribution is 2.01. The van der Waals surface area contributed by atoms with Crippen LogP contribution in [0.5, 0.6) is 0 Å². The van der Waals surface area contributed by atoms with Gasteiger partial charge in [-0.1, -0.05) is 26.7 Å². The van der Waals surface area contributed by atoms with Crippen LogP contribution in [0.3, 0.4) is 0 Å². The highest BCUT2D eigenvalue weighted by atomic mass is 32.2. The van der Waals surface area contributed by atoms with E-state index in [2.05, 4.69) is 23.9 Å². The normalized spacial score (nSPS) is 13.9. The van der Waals surface area contributed by atoms with Gasteiger partial charge in [-0.2, -0.15) is 0 Å². The first kappa shape index (κ1) is 15.9. The minimum absolute atomic E-state index is 0.0520. The predicted octanol–water partition coefficient (Wildman–Crippen LogP) is 1.48. The Morgan fingerprint density at radius 3 is 2.38 bits per heavy atom. The van der Waals surface area contributed by atoms with Gasteiger partial charge in [-0.05, 0) is 26.3 Å². The topological polar surface area (TPSA) is 58.2 Å². The second-order valence-electron chi connectivity index (χ2n) is 4.23. The summed E-state index contributed by atoms with van der Waals surface area (Å²) in [7, 11) is -3.10. The molecule has 1 unspecified atom stereocenters. The predicted molar refractivity (Wildman–Crippen MR) is 69.1 cm³/mol. The van der Waals surface area contributed by atoms with Gasteiger partial charge in [0, 0.05) is 12.6 Å². The molecule has 0 heterocycles. The second kappa shape index (κ2) is 8.96. The van der Waals surface area contributed by atoms with Gasteiger partial charge in [-0.15, -0.1) is 0 Å². The Balaban J connectivity index is 3.76. The molecule has 16 heavy (non-hydrogen) atoms. The van der Waals surface area contributed by atoms with Crippen molar-refractivity contribution in [3.05, 3.63) is 0 Å². The maximum atomic E-state index is 11.6. The minimum atomic E-state index is -3.10. The summed E-state index contributed by atoms with van der Waals surface area (Å²) >= 11 is 0. The molecule has 1 atom stereocenters. The van der Waals surface area contributed by atoms with Crippen molar-refractivity contribution in [1.29, 1.82) is 0 Å². The molecule has 0 aromatic carbocycles. The lowest BCUT2D eigenvalue weighted by atomic mass is 10.2. The highest BCUT2D eigenvalue weighted by Gasteiger charge is 2.13. The van der Waals surface area contributed by atoms with Gasteiger partial charge < -0.3 is 5.32 Å². The molecular weight excluding hydrogens is 224 g/mol. The molecule has 0 spiro atoms. The number of rotatable bonds is 10. The first-order chi connectivity index (χ1) is 7.52. The summed E-state index contributed by atoms with van der Waals surface area (Å²) < 4.78 is 25.9. The maximum absolute atomic E-state index is 11.6. The van der Waals surface area contributed by atoms with E-state index in [4.69, 9.17) is 0 Å². The number of hydrogen-bond donors (Lipinski definition) is 2. The van der Waals surface area contributed by atoms with Crippen molar-refractivity contribution in [2.24, 2.45) is 0 Å². The number of unbranched alkanes of at least 4 members (excludes halogenated alkanes) is 1. The van der Waals surface area contributed by atoms with Gasteiger partial charge in [0.2, 0.25) is 10.0 Å². The Hall–Kier alpha value is -0.130. The first-order valence-electron chi connectivity index (χ1n) is 6.22. The molecule has 0 aliphatic carbocycles. The van der Waals surface area contributed by atoms with E-state index in [1.807, 2.05) is 6.92 Å². The van der Waals surface area contributed by atoms with Gasteiger partial charge in [0.1, 0.15) is 0 Å². The molecule has 0 amide bonds. The van der Waals surface area contributed by atoms with E-state index in [-0.39, 0.29) is 11.8 Å². The molecule has 2 N–H and O–H groups in total. The van der Waals surface area contributed by atoms with Crippen molar-refractivity contribution >= 4 is 10.0 Å². The van der Waals surface area contributed by atoms with Crippen molar-refractivity contribution < 1.29 is 8.42 Å². The van der Waals surface area contributed by atoms with Crippen LogP contribution in [0.15, 0.2) is 0 Å². The third kappa shape index (κ3) is 9.12. The van der Waals surface area contributed by atoms with Crippen LogP contribution in [-0.4, -0.2) is 33.3 Å². The van der Waals surface area contributed by atoms with E-state index in [9.17, 15) is 8.42 Å². The largest absolute Gasteiger partial charge is 0.316 e. The lowest BCUT2D eigenvalue weighted by Gasteiger charge is -2.13. The molecule has 98 valence electrons. The molecule has 0 bridgehead atoms. The smallest absolute Gasteiger partial charge is 0.213 e. The van der Waals surface area contributed by atoms with Crippen LogP contribution < -0.4 is 10.0 Å². The molecule has 0 rings (SSSR count). The quantitative estimate of drug-likeness (QED) is 0.577. The van der Waals surface area contributed by atoms with E-state index < -0.39 is 10.0 Å². The van der Waals surface area contributed by atoms with Crippen molar-refractivity contribution in [3.8, 4) is 0 Å². The van der Waals surface area contributed by atoms with Crippen LogP contribution in [0.25, 0.3) is 0 Å². The fourth-order valence-corrected chi connectivity index (χ4v) is 2.70. The van der Waals surface area contributed by atoms with E-state index >= 15 is 0 Å². The Morgan fingerprint density at radius 2 is 1.81 bits per heavy atom. The molecule has 0 aromatic rings. The maximum Gasteiger partial charge on any atom is 0.213 e. The number of sulfonamides is 1. The summed E-state index contributed by atoms with van der Waals surface area (Å²) in [4.78, 5) is 0. The average Bonchev–Trinajstić information content (AvgIpc) is 2.21. The Morgan fingerprint density at radius 1 is 1.12 bits per heavy atom. The Bertz CT molecular complexity index is 253. The van der Waals surface area contributed by atoms with Crippen LogP contribution in [-0.2, 0) is 10.0 Å². The fraction of sp³-hybridized carbons (Fsp3) is 1.00. The van der Waals surface area contributed by atoms with Gasteiger partial charge in [0.15, 0.2) is 0 Å². The highest BCUT2D eigenvalue weighted by molar-refractivity contribution is 7.89. The number of hydrogen-bond acceptors (Lipinski definition) is 3. The van der Waals surface area contributed by atoms with Crippen LogP contribution in [0.1, 0.15) is 46.5 Å². The van der Waals surface area contributed by atoms with Crippen molar-refractivity contribution in [2.75, 3.05) is 18.8 Å². The summed E-state index contributed by atoms with van der Waals surface area (Å²) in [6.07, 6.45) is 4.11. The zero-order valence-electron chi connectivity index (χ0n) is 10.8. The zero-order valence-corrected chi connectivity index (χ0v) is 11.6. The minimum Gasteiger partial charge on any atom is -0.316 e. The molecule has 0 aromatic heterocycles. The Kier molecular flexibility index (Phi) is 8.89. The summed E-state index contributed by atoms with van der Waals surface area (Å²) in [6, 6.07) is 0.0520. The molecule has 0 saturated heterocycles. The first-order valence-corrected chi connectivity index (χ1v) is 7.87. The van der Waals surface area contributed by atoms with Gasteiger partial charge in [0.05, 0.1) is 5.75 Å². The van der Waals surface area contributed by atoms with Crippen molar-refractivity contribution in [1.82, 2.24) is 10.0 Å². The van der Waals surface area contributed by atoms with E-state index in [1.165, 1.54) is 0 Å². The van der Waals surface area contributed by atoms with Crippen LogP contribution in [0.4, 0.5) is 0 Å². The summed E-state index contributed by atoms with van der Waals surface area (Å²) in [5, 5.41) is 3.09. The summed E-state index contributed by atoms with van der Waals surface area (Å²) in [6.45, 7) is 7.50. The molecular formula is C11H26N2O2S. The molecule has 5 heteroatoms. The molecule has 4 nitrogen and oxygen atoms in total. The summed E-state index contributed by atoms with van der Waals surface area (Å²) in [5.74, 6) is 0.170. The third-order valence-electron chi connectivity index (χ3n) is 2.35. The van der Waals surface area contributed by atoms with Crippen LogP contribution in [0.2, 0.25) is 0 Å². The van der Waals surface area contributed by atoms with Gasteiger partial charge in [-0.25, -0.2) is 13.1 Å². The summed E-state index contributed by atoms with van der Waals surface area (Å²) in [5.41, 5.74) is 0. The lowest BCUT2D eigenvalue weighted by molar-refractivity contribution is 0.532. The second-order valence-corrected chi connectivity index (χ2v) is 6.10.